The fourth-order valence-corrected chi connectivity index (χ4v) is 4.35. The number of hydrogen-bond acceptors (Lipinski definition) is 6. The summed E-state index contributed by atoms with van der Waals surface area (Å²) in [6.07, 6.45) is 2.81. The Kier molecular flexibility index (Phi) is 6.53. The molecule has 1 fully saturated rings. The van der Waals surface area contributed by atoms with E-state index in [2.05, 4.69) is 27.8 Å². The molecule has 1 atom stereocenters. The number of carbonyl (C=O) groups excluding carboxylic acids is 1. The van der Waals surface area contributed by atoms with E-state index in [9.17, 15) is 4.79 Å². The lowest BCUT2D eigenvalue weighted by atomic mass is 10.1. The van der Waals surface area contributed by atoms with Gasteiger partial charge in [-0.25, -0.2) is 0 Å². The second-order valence-electron chi connectivity index (χ2n) is 8.26. The van der Waals surface area contributed by atoms with Gasteiger partial charge in [0.05, 0.1) is 30.7 Å². The summed E-state index contributed by atoms with van der Waals surface area (Å²) in [5.41, 5.74) is 9.64. The Bertz CT molecular complexity index is 953. The van der Waals surface area contributed by atoms with E-state index in [0.717, 1.165) is 56.3 Å². The van der Waals surface area contributed by atoms with Crippen molar-refractivity contribution < 1.29 is 9.53 Å². The average Bonchev–Trinajstić information content (AvgIpc) is 3.11. The molecule has 2 N–H and O–H groups in total. The van der Waals surface area contributed by atoms with Crippen molar-refractivity contribution in [2.45, 2.75) is 19.4 Å². The Morgan fingerprint density at radius 2 is 1.90 bits per heavy atom. The van der Waals surface area contributed by atoms with Crippen LogP contribution in [-0.4, -0.2) is 74.3 Å². The normalized spacial score (nSPS) is 19.7. The molecule has 7 heteroatoms. The van der Waals surface area contributed by atoms with Crippen molar-refractivity contribution in [2.24, 2.45) is 4.99 Å². The van der Waals surface area contributed by atoms with Crippen molar-refractivity contribution in [3.8, 4) is 5.75 Å². The van der Waals surface area contributed by atoms with Gasteiger partial charge in [-0.05, 0) is 37.1 Å². The Morgan fingerprint density at radius 3 is 2.65 bits per heavy atom. The van der Waals surface area contributed by atoms with Gasteiger partial charge in [-0.1, -0.05) is 18.2 Å². The number of nitrogens with zero attached hydrogens (tertiary/aromatic N) is 4. The van der Waals surface area contributed by atoms with Crippen LogP contribution < -0.4 is 15.4 Å². The van der Waals surface area contributed by atoms with Crippen LogP contribution in [-0.2, 0) is 11.2 Å². The number of rotatable bonds is 6. The summed E-state index contributed by atoms with van der Waals surface area (Å²) in [7, 11) is 1.66. The number of fused-ring (bicyclic) bond motifs is 1. The number of piperazine rings is 1. The second-order valence-corrected chi connectivity index (χ2v) is 8.26. The minimum absolute atomic E-state index is 0.161. The van der Waals surface area contributed by atoms with Gasteiger partial charge < -0.3 is 15.4 Å². The summed E-state index contributed by atoms with van der Waals surface area (Å²) in [5, 5.41) is 0. The van der Waals surface area contributed by atoms with Crippen LogP contribution in [0.2, 0.25) is 0 Å². The first kappa shape index (κ1) is 21.3. The number of aliphatic imine (C=N–C) groups is 1. The summed E-state index contributed by atoms with van der Waals surface area (Å²) in [6, 6.07) is 13.8. The minimum atomic E-state index is 0.161. The lowest BCUT2D eigenvalue weighted by Crippen LogP contribution is -2.51. The van der Waals surface area contributed by atoms with Gasteiger partial charge in [-0.2, -0.15) is 0 Å². The molecule has 2 aliphatic rings. The smallest absolute Gasteiger partial charge is 0.241 e. The van der Waals surface area contributed by atoms with Crippen LogP contribution in [0.3, 0.4) is 0 Å². The summed E-state index contributed by atoms with van der Waals surface area (Å²) in [5.74, 6) is 0.951. The Labute approximate surface area is 184 Å². The number of amides is 1. The molecule has 2 aliphatic heterocycles. The van der Waals surface area contributed by atoms with Crippen molar-refractivity contribution in [2.75, 3.05) is 57.0 Å². The largest absolute Gasteiger partial charge is 0.497 e. The predicted octanol–water partition coefficient (Wildman–Crippen LogP) is 2.58. The standard InChI is InChI=1S/C24H31N5O2/c1-18-15-19-7-8-20(31-2)16-23(19)29(18)24(30)17-28-13-11-27(12-14-28)10-9-26-22-6-4-3-5-21(22)25/h3-9,16,18H,10-15,17,25H2,1-2H3/b26-9+. The average molecular weight is 422 g/mol. The molecule has 0 spiro atoms. The molecule has 2 aromatic rings. The highest BCUT2D eigenvalue weighted by molar-refractivity contribution is 5.97. The van der Waals surface area contributed by atoms with Gasteiger partial charge in [-0.15, -0.1) is 0 Å². The molecular formula is C24H31N5O2. The van der Waals surface area contributed by atoms with Gasteiger partial charge in [0.25, 0.3) is 0 Å². The molecule has 0 aromatic heterocycles. The van der Waals surface area contributed by atoms with E-state index in [-0.39, 0.29) is 11.9 Å². The zero-order chi connectivity index (χ0) is 21.8. The highest BCUT2D eigenvalue weighted by atomic mass is 16.5. The molecule has 2 aromatic carbocycles. The summed E-state index contributed by atoms with van der Waals surface area (Å²) >= 11 is 0. The highest BCUT2D eigenvalue weighted by Gasteiger charge is 2.32. The van der Waals surface area contributed by atoms with Crippen molar-refractivity contribution in [3.05, 3.63) is 48.0 Å². The van der Waals surface area contributed by atoms with Gasteiger partial charge in [0, 0.05) is 51.0 Å². The third-order valence-corrected chi connectivity index (χ3v) is 6.11. The van der Waals surface area contributed by atoms with Crippen LogP contribution >= 0.6 is 0 Å². The lowest BCUT2D eigenvalue weighted by molar-refractivity contribution is -0.120. The number of nitrogens with two attached hydrogens (primary N) is 1. The number of carbonyl (C=O) groups is 1. The van der Waals surface area contributed by atoms with Crippen molar-refractivity contribution in [3.63, 3.8) is 0 Å². The number of benzene rings is 2. The monoisotopic (exact) mass is 421 g/mol. The molecular weight excluding hydrogens is 390 g/mol. The first-order valence-corrected chi connectivity index (χ1v) is 10.9. The van der Waals surface area contributed by atoms with Gasteiger partial charge in [0.2, 0.25) is 5.91 Å². The maximum absolute atomic E-state index is 13.1. The molecule has 0 bridgehead atoms. The highest BCUT2D eigenvalue weighted by Crippen LogP contribution is 2.35. The molecule has 164 valence electrons. The fourth-order valence-electron chi connectivity index (χ4n) is 4.35. The molecule has 4 rings (SSSR count). The first-order valence-electron chi connectivity index (χ1n) is 10.9. The number of hydrogen-bond donors (Lipinski definition) is 1. The number of methoxy groups -OCH3 is 1. The van der Waals surface area contributed by atoms with Crippen LogP contribution in [0.1, 0.15) is 12.5 Å². The Balaban J connectivity index is 1.28. The maximum atomic E-state index is 13.1. The third-order valence-electron chi connectivity index (χ3n) is 6.11. The lowest BCUT2D eigenvalue weighted by Gasteiger charge is -2.35. The first-order chi connectivity index (χ1) is 15.0. The zero-order valence-corrected chi connectivity index (χ0v) is 18.3. The fraction of sp³-hybridized carbons (Fsp3) is 0.417. The van der Waals surface area contributed by atoms with Crippen molar-refractivity contribution in [1.29, 1.82) is 0 Å². The molecule has 1 unspecified atom stereocenters. The molecule has 7 nitrogen and oxygen atoms in total. The topological polar surface area (TPSA) is 74.4 Å². The van der Waals surface area contributed by atoms with Crippen LogP contribution in [0.25, 0.3) is 0 Å². The summed E-state index contributed by atoms with van der Waals surface area (Å²) < 4.78 is 5.36. The van der Waals surface area contributed by atoms with E-state index in [4.69, 9.17) is 10.5 Å². The van der Waals surface area contributed by atoms with Crippen LogP contribution in [0.5, 0.6) is 5.75 Å². The van der Waals surface area contributed by atoms with Gasteiger partial charge in [-0.3, -0.25) is 19.6 Å². The SMILES string of the molecule is COc1ccc2c(c1)N(C(=O)CN1CCN(C/C=N/c3ccccc3N)CC1)C(C)C2. The second kappa shape index (κ2) is 9.49. The maximum Gasteiger partial charge on any atom is 0.241 e. The van der Waals surface area contributed by atoms with E-state index >= 15 is 0 Å². The third kappa shape index (κ3) is 4.89. The molecule has 0 radical (unpaired) electrons. The molecule has 31 heavy (non-hydrogen) atoms. The quantitative estimate of drug-likeness (QED) is 0.573. The van der Waals surface area contributed by atoms with Gasteiger partial charge >= 0.3 is 0 Å². The minimum Gasteiger partial charge on any atom is -0.497 e. The Morgan fingerprint density at radius 1 is 1.16 bits per heavy atom. The van der Waals surface area contributed by atoms with Crippen LogP contribution in [0.4, 0.5) is 17.1 Å². The van der Waals surface area contributed by atoms with Crippen LogP contribution in [0, 0.1) is 0 Å². The van der Waals surface area contributed by atoms with Crippen molar-refractivity contribution in [1.82, 2.24) is 9.80 Å². The number of anilines is 2. The molecule has 1 amide bonds. The predicted molar refractivity (Wildman–Crippen MR) is 126 cm³/mol. The van der Waals surface area contributed by atoms with Crippen molar-refractivity contribution >= 4 is 29.2 Å². The van der Waals surface area contributed by atoms with E-state index in [1.54, 1.807) is 7.11 Å². The van der Waals surface area contributed by atoms with E-state index < -0.39 is 0 Å². The Hall–Kier alpha value is -2.90. The van der Waals surface area contributed by atoms with Gasteiger partial charge in [0.15, 0.2) is 0 Å². The zero-order valence-electron chi connectivity index (χ0n) is 18.3. The van der Waals surface area contributed by atoms with E-state index in [1.807, 2.05) is 47.5 Å². The van der Waals surface area contributed by atoms with E-state index in [1.165, 1.54) is 5.56 Å². The molecule has 0 saturated carbocycles. The molecule has 0 aliphatic carbocycles. The summed E-state index contributed by atoms with van der Waals surface area (Å²) in [6.45, 7) is 6.94. The number of para-hydroxylation sites is 2. The van der Waals surface area contributed by atoms with Crippen LogP contribution in [0.15, 0.2) is 47.5 Å². The van der Waals surface area contributed by atoms with Gasteiger partial charge in [0.1, 0.15) is 5.75 Å². The number of nitrogen functional groups attached to an aromatic ring is 1. The summed E-state index contributed by atoms with van der Waals surface area (Å²) in [4.78, 5) is 24.2. The van der Waals surface area contributed by atoms with E-state index in [0.29, 0.717) is 12.2 Å². The number of ether oxygens (including phenoxy) is 1. The molecule has 2 heterocycles. The molecule has 1 saturated heterocycles.